The van der Waals surface area contributed by atoms with E-state index < -0.39 is 10.0 Å². The Bertz CT molecular complexity index is 687. The molecule has 0 saturated carbocycles. The van der Waals surface area contributed by atoms with Crippen LogP contribution in [0, 0.1) is 12.8 Å². The summed E-state index contributed by atoms with van der Waals surface area (Å²) in [7, 11) is -0.406. The van der Waals surface area contributed by atoms with E-state index in [-0.39, 0.29) is 42.6 Å². The van der Waals surface area contributed by atoms with Crippen molar-refractivity contribution in [1.29, 1.82) is 0 Å². The zero-order chi connectivity index (χ0) is 17.2. The van der Waals surface area contributed by atoms with Crippen molar-refractivity contribution in [3.63, 3.8) is 0 Å². The van der Waals surface area contributed by atoms with Gasteiger partial charge in [0.2, 0.25) is 10.0 Å². The number of rotatable bonds is 5. The third kappa shape index (κ3) is 4.21. The Morgan fingerprint density at radius 2 is 2.09 bits per heavy atom. The number of hydrogen-bond acceptors (Lipinski definition) is 5. The number of sulfonamides is 1. The van der Waals surface area contributed by atoms with Gasteiger partial charge in [0.15, 0.2) is 0 Å². The van der Waals surface area contributed by atoms with Crippen molar-refractivity contribution < 1.29 is 23.1 Å². The lowest BCUT2D eigenvalue weighted by molar-refractivity contribution is 0.0925. The second-order valence-corrected chi connectivity index (χ2v) is 8.17. The quantitative estimate of drug-likeness (QED) is 0.804. The van der Waals surface area contributed by atoms with Crippen LogP contribution in [0.25, 0.3) is 0 Å². The zero-order valence-corrected chi connectivity index (χ0v) is 14.3. The van der Waals surface area contributed by atoms with Gasteiger partial charge >= 0.3 is 0 Å². The summed E-state index contributed by atoms with van der Waals surface area (Å²) in [6.07, 6.45) is 0. The number of aromatic hydroxyl groups is 1. The highest BCUT2D eigenvalue weighted by atomic mass is 32.2. The van der Waals surface area contributed by atoms with Crippen molar-refractivity contribution in [3.8, 4) is 5.75 Å². The second kappa shape index (κ2) is 6.86. The first-order valence-electron chi connectivity index (χ1n) is 7.29. The molecule has 0 bridgehead atoms. The number of ether oxygens (including phenoxy) is 1. The van der Waals surface area contributed by atoms with E-state index in [1.165, 1.54) is 30.5 Å². The van der Waals surface area contributed by atoms with Gasteiger partial charge in [0, 0.05) is 25.6 Å². The van der Waals surface area contributed by atoms with Crippen molar-refractivity contribution in [1.82, 2.24) is 9.62 Å². The Morgan fingerprint density at radius 3 is 2.74 bits per heavy atom. The maximum absolute atomic E-state index is 12.4. The molecule has 1 heterocycles. The molecule has 8 heteroatoms. The summed E-state index contributed by atoms with van der Waals surface area (Å²) in [5.41, 5.74) is 1.10. The van der Waals surface area contributed by atoms with Crippen molar-refractivity contribution in [2.75, 3.05) is 33.1 Å². The van der Waals surface area contributed by atoms with Gasteiger partial charge in [-0.2, -0.15) is 0 Å². The fourth-order valence-electron chi connectivity index (χ4n) is 2.44. The van der Waals surface area contributed by atoms with Crippen LogP contribution >= 0.6 is 0 Å². The molecule has 2 rings (SSSR count). The predicted octanol–water partition coefficient (Wildman–Crippen LogP) is 0.337. The fourth-order valence-corrected chi connectivity index (χ4v) is 3.61. The van der Waals surface area contributed by atoms with Crippen LogP contribution in [0.5, 0.6) is 5.75 Å². The monoisotopic (exact) mass is 342 g/mol. The first-order valence-corrected chi connectivity index (χ1v) is 8.90. The van der Waals surface area contributed by atoms with E-state index >= 15 is 0 Å². The van der Waals surface area contributed by atoms with E-state index in [4.69, 9.17) is 4.74 Å². The third-order valence-corrected chi connectivity index (χ3v) is 5.92. The minimum absolute atomic E-state index is 0.00941. The van der Waals surface area contributed by atoms with Gasteiger partial charge < -0.3 is 15.2 Å². The summed E-state index contributed by atoms with van der Waals surface area (Å²) < 4.78 is 30.5. The molecule has 1 aromatic rings. The molecule has 2 N–H and O–H groups in total. The van der Waals surface area contributed by atoms with Crippen molar-refractivity contribution in [3.05, 3.63) is 29.3 Å². The standard InChI is InChI=1S/C15H22N2O5S/c1-10-4-5-12(18)6-13(10)15(19)16-14-8-22-7-11(14)9-23(20,21)17(2)3/h4-6,11,14,18H,7-9H2,1-3H3,(H,16,19)/t11-,14+/m0/s1. The molecule has 1 saturated heterocycles. The van der Waals surface area contributed by atoms with Crippen LogP contribution in [0.1, 0.15) is 15.9 Å². The van der Waals surface area contributed by atoms with Crippen molar-refractivity contribution in [2.24, 2.45) is 5.92 Å². The van der Waals surface area contributed by atoms with Gasteiger partial charge in [0.05, 0.1) is 25.0 Å². The fraction of sp³-hybridized carbons (Fsp3) is 0.533. The maximum Gasteiger partial charge on any atom is 0.251 e. The van der Waals surface area contributed by atoms with Gasteiger partial charge in [-0.05, 0) is 24.6 Å². The normalized spacial score (nSPS) is 21.6. The molecule has 1 fully saturated rings. The molecule has 0 spiro atoms. The minimum atomic E-state index is -3.37. The Kier molecular flexibility index (Phi) is 5.28. The number of phenolic OH excluding ortho intramolecular Hbond substituents is 1. The molecule has 1 aliphatic rings. The maximum atomic E-state index is 12.4. The lowest BCUT2D eigenvalue weighted by atomic mass is 10.0. The topological polar surface area (TPSA) is 95.9 Å². The summed E-state index contributed by atoms with van der Waals surface area (Å²) >= 11 is 0. The van der Waals surface area contributed by atoms with E-state index in [2.05, 4.69) is 5.32 Å². The van der Waals surface area contributed by atoms with E-state index in [1.54, 1.807) is 13.0 Å². The van der Waals surface area contributed by atoms with Gasteiger partial charge in [-0.3, -0.25) is 4.79 Å². The summed E-state index contributed by atoms with van der Waals surface area (Å²) in [5.74, 6) is -0.718. The van der Waals surface area contributed by atoms with E-state index in [9.17, 15) is 18.3 Å². The van der Waals surface area contributed by atoms with Gasteiger partial charge in [-0.15, -0.1) is 0 Å². The van der Waals surface area contributed by atoms with Crippen molar-refractivity contribution >= 4 is 15.9 Å². The Hall–Kier alpha value is -1.64. The molecular weight excluding hydrogens is 320 g/mol. The molecule has 1 amide bonds. The molecular formula is C15H22N2O5S. The number of hydrogen-bond donors (Lipinski definition) is 2. The Balaban J connectivity index is 2.09. The van der Waals surface area contributed by atoms with Crippen LogP contribution in [0.3, 0.4) is 0 Å². The SMILES string of the molecule is Cc1ccc(O)cc1C(=O)N[C@@H]1COC[C@H]1CS(=O)(=O)N(C)C. The molecule has 0 radical (unpaired) electrons. The average molecular weight is 342 g/mol. The lowest BCUT2D eigenvalue weighted by Gasteiger charge is -2.21. The highest BCUT2D eigenvalue weighted by molar-refractivity contribution is 7.89. The largest absolute Gasteiger partial charge is 0.508 e. The number of phenols is 1. The Morgan fingerprint density at radius 1 is 1.39 bits per heavy atom. The molecule has 0 aromatic heterocycles. The summed E-state index contributed by atoms with van der Waals surface area (Å²) in [6, 6.07) is 4.19. The van der Waals surface area contributed by atoms with Crippen LogP contribution < -0.4 is 5.32 Å². The number of nitrogens with one attached hydrogen (secondary N) is 1. The molecule has 2 atom stereocenters. The average Bonchev–Trinajstić information content (AvgIpc) is 2.87. The first-order chi connectivity index (χ1) is 10.7. The number of carbonyl (C=O) groups excluding carboxylic acids is 1. The van der Waals surface area contributed by atoms with Crippen LogP contribution in [0.4, 0.5) is 0 Å². The van der Waals surface area contributed by atoms with Crippen molar-refractivity contribution in [2.45, 2.75) is 13.0 Å². The predicted molar refractivity (Wildman–Crippen MR) is 85.9 cm³/mol. The molecule has 1 aromatic carbocycles. The van der Waals surface area contributed by atoms with Gasteiger partial charge in [0.25, 0.3) is 5.91 Å². The van der Waals surface area contributed by atoms with E-state index in [0.717, 1.165) is 5.56 Å². The first kappa shape index (κ1) is 17.7. The minimum Gasteiger partial charge on any atom is -0.508 e. The summed E-state index contributed by atoms with van der Waals surface area (Å²) in [4.78, 5) is 12.4. The number of amides is 1. The summed E-state index contributed by atoms with van der Waals surface area (Å²) in [6.45, 7) is 2.34. The Labute approximate surface area is 136 Å². The number of aryl methyl sites for hydroxylation is 1. The van der Waals surface area contributed by atoms with E-state index in [0.29, 0.717) is 5.56 Å². The molecule has 0 aliphatic carbocycles. The highest BCUT2D eigenvalue weighted by Gasteiger charge is 2.34. The molecule has 0 unspecified atom stereocenters. The van der Waals surface area contributed by atoms with Gasteiger partial charge in [0.1, 0.15) is 5.75 Å². The van der Waals surface area contributed by atoms with Crippen LogP contribution in [-0.4, -0.2) is 62.8 Å². The lowest BCUT2D eigenvalue weighted by Crippen LogP contribution is -2.43. The smallest absolute Gasteiger partial charge is 0.251 e. The molecule has 23 heavy (non-hydrogen) atoms. The number of benzene rings is 1. The second-order valence-electron chi connectivity index (χ2n) is 5.94. The van der Waals surface area contributed by atoms with Crippen LogP contribution in [0.2, 0.25) is 0 Å². The van der Waals surface area contributed by atoms with Gasteiger partial charge in [-0.1, -0.05) is 6.07 Å². The molecule has 128 valence electrons. The molecule has 7 nitrogen and oxygen atoms in total. The highest BCUT2D eigenvalue weighted by Crippen LogP contribution is 2.20. The van der Waals surface area contributed by atoms with Crippen LogP contribution in [-0.2, 0) is 14.8 Å². The van der Waals surface area contributed by atoms with E-state index in [1.807, 2.05) is 0 Å². The molecule has 1 aliphatic heterocycles. The number of nitrogens with zero attached hydrogens (tertiary/aromatic N) is 1. The zero-order valence-electron chi connectivity index (χ0n) is 13.4. The number of carbonyl (C=O) groups is 1. The summed E-state index contributed by atoms with van der Waals surface area (Å²) in [5, 5.41) is 12.3. The van der Waals surface area contributed by atoms with Gasteiger partial charge in [-0.25, -0.2) is 12.7 Å². The third-order valence-electron chi connectivity index (χ3n) is 3.96. The van der Waals surface area contributed by atoms with Crippen LogP contribution in [0.15, 0.2) is 18.2 Å².